The lowest BCUT2D eigenvalue weighted by Gasteiger charge is -2.36. The number of benzene rings is 1. The van der Waals surface area contributed by atoms with Gasteiger partial charge in [0.05, 0.1) is 19.3 Å². The van der Waals surface area contributed by atoms with E-state index in [-0.39, 0.29) is 49.8 Å². The summed E-state index contributed by atoms with van der Waals surface area (Å²) in [5.41, 5.74) is 4.67. The summed E-state index contributed by atoms with van der Waals surface area (Å²) in [5, 5.41) is 18.7. The Labute approximate surface area is 347 Å². The molecule has 3 amide bonds. The Kier molecular flexibility index (Phi) is 22.1. The summed E-state index contributed by atoms with van der Waals surface area (Å²) in [6, 6.07) is 3.25. The van der Waals surface area contributed by atoms with Crippen molar-refractivity contribution < 1.29 is 47.8 Å². The van der Waals surface area contributed by atoms with Gasteiger partial charge in [0.15, 0.2) is 0 Å². The Morgan fingerprint density at radius 1 is 1.07 bits per heavy atom. The number of hydrogen-bond donors (Lipinski definition) is 4. The minimum absolute atomic E-state index is 0.0174. The Morgan fingerprint density at radius 2 is 1.78 bits per heavy atom. The van der Waals surface area contributed by atoms with E-state index < -0.39 is 59.9 Å². The van der Waals surface area contributed by atoms with Crippen LogP contribution in [-0.2, 0) is 44.8 Å². The summed E-state index contributed by atoms with van der Waals surface area (Å²) in [4.78, 5) is 81.0. The van der Waals surface area contributed by atoms with Crippen molar-refractivity contribution in [3.63, 3.8) is 0 Å². The van der Waals surface area contributed by atoms with Crippen LogP contribution < -0.4 is 16.1 Å². The van der Waals surface area contributed by atoms with Gasteiger partial charge in [0.2, 0.25) is 5.91 Å². The average molecular weight is 824 g/mol. The quantitative estimate of drug-likeness (QED) is 0.0411. The van der Waals surface area contributed by atoms with Gasteiger partial charge in [-0.2, -0.15) is 0 Å². The fourth-order valence-electron chi connectivity index (χ4n) is 6.22. The molecule has 0 spiro atoms. The van der Waals surface area contributed by atoms with Gasteiger partial charge in [-0.05, 0) is 81.8 Å². The van der Waals surface area contributed by atoms with Crippen LogP contribution in [0.25, 0.3) is 0 Å². The number of hydrogen-bond acceptors (Lipinski definition) is 11. The number of likely N-dealkylation sites (N-methyl/N-ethyl adjacent to an activating group) is 2. The molecule has 1 aliphatic rings. The number of allylic oxidation sites excluding steroid dienone is 6. The smallest absolute Gasteiger partial charge is 0.325 e. The van der Waals surface area contributed by atoms with Gasteiger partial charge in [0.25, 0.3) is 11.8 Å². The molecule has 1 aromatic rings. The molecular weight excluding hydrogens is 762 g/mol. The zero-order chi connectivity index (χ0) is 44.1. The number of aliphatic hydroxyl groups excluding tert-OH is 1. The first kappa shape index (κ1) is 50.1. The predicted octanol–water partition coefficient (Wildman–Crippen LogP) is 4.02. The summed E-state index contributed by atoms with van der Waals surface area (Å²) in [5.74, 6) is -3.22. The van der Waals surface area contributed by atoms with E-state index in [0.717, 1.165) is 5.06 Å². The summed E-state index contributed by atoms with van der Waals surface area (Å²) in [6.07, 6.45) is 13.4. The molecule has 1 fully saturated rings. The topological polar surface area (TPSA) is 184 Å². The number of carbonyl (C=O) groups is 6. The van der Waals surface area contributed by atoms with Crippen molar-refractivity contribution in [2.24, 2.45) is 11.8 Å². The first-order valence-corrected chi connectivity index (χ1v) is 19.8. The second-order valence-electron chi connectivity index (χ2n) is 14.9. The number of nitrogens with one attached hydrogen (secondary N) is 3. The second kappa shape index (κ2) is 26.1. The summed E-state index contributed by atoms with van der Waals surface area (Å²) >= 11 is 0. The van der Waals surface area contributed by atoms with Crippen LogP contribution in [0, 0.1) is 17.7 Å². The number of hydrazine groups is 1. The molecule has 1 aliphatic heterocycles. The number of aldehydes is 1. The number of hydroxylamine groups is 2. The molecule has 4 N–H and O–H groups in total. The van der Waals surface area contributed by atoms with Gasteiger partial charge in [-0.3, -0.25) is 29.0 Å². The lowest BCUT2D eigenvalue weighted by molar-refractivity contribution is -0.162. The molecule has 1 saturated heterocycles. The highest BCUT2D eigenvalue weighted by molar-refractivity contribution is 5.90. The molecule has 1 aromatic carbocycles. The molecule has 1 heterocycles. The zero-order valence-electron chi connectivity index (χ0n) is 35.5. The lowest BCUT2D eigenvalue weighted by Crippen LogP contribution is -2.61. The number of carbonyl (C=O) groups excluding carboxylic acids is 6. The largest absolute Gasteiger partial charge is 0.456 e. The SMILES string of the molecule is CNC(C(=O)NC(Cc1cccc(F)c1)C(=O)N1CCCC(C(=O)O[C@@H](C/C=C/C=C/C=C(\C)C(O)C(C=O)CCC(C)=O)/C(C)=C/C=C/C(=O)N(C)OC)N1)C(C)C. The van der Waals surface area contributed by atoms with Crippen molar-refractivity contribution >= 4 is 35.8 Å². The van der Waals surface area contributed by atoms with Crippen LogP contribution >= 0.6 is 0 Å². The first-order chi connectivity index (χ1) is 28.0. The number of Topliss-reactive ketones (excluding diaryl/α,β-unsaturated/α-hetero) is 1. The van der Waals surface area contributed by atoms with E-state index in [1.807, 2.05) is 13.8 Å². The molecule has 0 bridgehead atoms. The maximum absolute atomic E-state index is 14.1. The molecule has 0 aromatic heterocycles. The molecule has 0 radical (unpaired) electrons. The number of amides is 3. The minimum Gasteiger partial charge on any atom is -0.456 e. The molecule has 2 rings (SSSR count). The summed E-state index contributed by atoms with van der Waals surface area (Å²) in [6.45, 7) is 8.87. The third-order valence-corrected chi connectivity index (χ3v) is 9.83. The zero-order valence-corrected chi connectivity index (χ0v) is 35.5. The average Bonchev–Trinajstić information content (AvgIpc) is 3.20. The maximum atomic E-state index is 14.1. The van der Waals surface area contributed by atoms with E-state index in [4.69, 9.17) is 9.57 Å². The summed E-state index contributed by atoms with van der Waals surface area (Å²) in [7, 11) is 4.48. The number of halogens is 1. The van der Waals surface area contributed by atoms with Gasteiger partial charge >= 0.3 is 5.97 Å². The lowest BCUT2D eigenvalue weighted by atomic mass is 9.92. The van der Waals surface area contributed by atoms with Crippen LogP contribution in [0.15, 0.2) is 84.0 Å². The van der Waals surface area contributed by atoms with Gasteiger partial charge in [-0.25, -0.2) is 14.9 Å². The molecule has 5 unspecified atom stereocenters. The predicted molar refractivity (Wildman–Crippen MR) is 222 cm³/mol. The molecule has 6 atom stereocenters. The second-order valence-corrected chi connectivity index (χ2v) is 14.9. The van der Waals surface area contributed by atoms with Gasteiger partial charge in [0.1, 0.15) is 36.1 Å². The number of ether oxygens (including phenoxy) is 1. The Hall–Kier alpha value is -5.09. The highest BCUT2D eigenvalue weighted by Crippen LogP contribution is 2.19. The molecular formula is C44H62FN5O9. The van der Waals surface area contributed by atoms with Crippen LogP contribution in [0.2, 0.25) is 0 Å². The highest BCUT2D eigenvalue weighted by Gasteiger charge is 2.35. The Morgan fingerprint density at radius 3 is 2.41 bits per heavy atom. The van der Waals surface area contributed by atoms with E-state index in [2.05, 4.69) is 16.1 Å². The van der Waals surface area contributed by atoms with Crippen molar-refractivity contribution in [3.8, 4) is 0 Å². The van der Waals surface area contributed by atoms with Gasteiger partial charge in [-0.1, -0.05) is 68.5 Å². The van der Waals surface area contributed by atoms with E-state index >= 15 is 0 Å². The van der Waals surface area contributed by atoms with Crippen LogP contribution in [0.4, 0.5) is 4.39 Å². The van der Waals surface area contributed by atoms with E-state index in [1.165, 1.54) is 56.4 Å². The fraction of sp³-hybridized carbons (Fsp3) is 0.500. The number of nitrogens with zero attached hydrogens (tertiary/aromatic N) is 2. The molecule has 324 valence electrons. The van der Waals surface area contributed by atoms with Gasteiger partial charge in [0, 0.05) is 44.8 Å². The number of esters is 1. The minimum atomic E-state index is -1.07. The van der Waals surface area contributed by atoms with Crippen LogP contribution in [-0.4, -0.2) is 109 Å². The molecule has 14 nitrogen and oxygen atoms in total. The monoisotopic (exact) mass is 823 g/mol. The molecule has 0 saturated carbocycles. The van der Waals surface area contributed by atoms with Crippen molar-refractivity contribution in [1.82, 2.24) is 26.1 Å². The molecule has 15 heteroatoms. The van der Waals surface area contributed by atoms with Crippen LogP contribution in [0.1, 0.15) is 72.3 Å². The fourth-order valence-corrected chi connectivity index (χ4v) is 6.22. The van der Waals surface area contributed by atoms with Crippen LogP contribution in [0.5, 0.6) is 0 Å². The standard InChI is InChI=1S/C44H62FN5O9/c1-29(2)40(46-6)42(55)47-37(27-33-18-14-19-35(45)26-33)43(56)50-25-15-20-36(48-50)44(57)59-38(30(3)17-13-22-39(53)49(7)58-8)21-12-10-9-11-16-31(4)41(54)34(28-51)24-23-32(5)52/h9-14,16-19,22,26,28-29,34,36-38,40-41,46,48,54H,15,20-21,23-25,27H2,1-8H3,(H,47,55)/b11-9+,12-10+,22-13+,30-17+,31-16+/t34?,36?,37?,38-,40?,41?/m0/s1. The van der Waals surface area contributed by atoms with E-state index in [0.29, 0.717) is 35.8 Å². The van der Waals surface area contributed by atoms with Crippen molar-refractivity contribution in [1.29, 1.82) is 0 Å². The normalized spacial score (nSPS) is 17.8. The number of rotatable bonds is 23. The van der Waals surface area contributed by atoms with Crippen LogP contribution in [0.3, 0.4) is 0 Å². The first-order valence-electron chi connectivity index (χ1n) is 19.8. The van der Waals surface area contributed by atoms with Gasteiger partial charge in [-0.15, -0.1) is 0 Å². The number of ketones is 1. The molecule has 0 aliphatic carbocycles. The van der Waals surface area contributed by atoms with Crippen molar-refractivity contribution in [2.45, 2.75) is 103 Å². The van der Waals surface area contributed by atoms with E-state index in [1.54, 1.807) is 63.4 Å². The maximum Gasteiger partial charge on any atom is 0.325 e. The highest BCUT2D eigenvalue weighted by atomic mass is 19.1. The Balaban J connectivity index is 2.27. The van der Waals surface area contributed by atoms with Crippen molar-refractivity contribution in [3.05, 3.63) is 95.4 Å². The van der Waals surface area contributed by atoms with E-state index in [9.17, 15) is 38.3 Å². The van der Waals surface area contributed by atoms with Crippen molar-refractivity contribution in [2.75, 3.05) is 27.7 Å². The number of aliphatic hydroxyl groups is 1. The third kappa shape index (κ3) is 17.3. The Bertz CT molecular complexity index is 1740. The third-order valence-electron chi connectivity index (χ3n) is 9.83. The summed E-state index contributed by atoms with van der Waals surface area (Å²) < 4.78 is 20.1. The van der Waals surface area contributed by atoms with Gasteiger partial charge < -0.3 is 30.1 Å². The molecule has 59 heavy (non-hydrogen) atoms.